The lowest BCUT2D eigenvalue weighted by Gasteiger charge is -2.36. The Labute approximate surface area is 138 Å². The lowest BCUT2D eigenvalue weighted by Crippen LogP contribution is -2.45. The third-order valence-electron chi connectivity index (χ3n) is 4.43. The molecule has 4 nitrogen and oxygen atoms in total. The van der Waals surface area contributed by atoms with Gasteiger partial charge >= 0.3 is 0 Å². The van der Waals surface area contributed by atoms with Crippen molar-refractivity contribution in [1.29, 1.82) is 0 Å². The fraction of sp³-hybridized carbons (Fsp3) is 0.611. The molecule has 23 heavy (non-hydrogen) atoms. The highest BCUT2D eigenvalue weighted by atomic mass is 19.1. The molecule has 5 heteroatoms. The van der Waals surface area contributed by atoms with Crippen LogP contribution in [0.1, 0.15) is 31.4 Å². The summed E-state index contributed by atoms with van der Waals surface area (Å²) in [5, 5.41) is 0. The zero-order valence-electron chi connectivity index (χ0n) is 14.3. The van der Waals surface area contributed by atoms with Gasteiger partial charge in [0.05, 0.1) is 0 Å². The number of benzene rings is 1. The number of piperidine rings is 1. The predicted octanol–water partition coefficient (Wildman–Crippen LogP) is 2.70. The van der Waals surface area contributed by atoms with Crippen molar-refractivity contribution in [3.05, 3.63) is 35.6 Å². The summed E-state index contributed by atoms with van der Waals surface area (Å²) in [4.78, 5) is 16.5. The van der Waals surface area contributed by atoms with Crippen LogP contribution in [0.25, 0.3) is 0 Å². The van der Waals surface area contributed by atoms with Crippen molar-refractivity contribution in [3.8, 4) is 0 Å². The molecule has 1 saturated heterocycles. The quantitative estimate of drug-likeness (QED) is 0.807. The average molecular weight is 322 g/mol. The van der Waals surface area contributed by atoms with E-state index < -0.39 is 6.04 Å². The van der Waals surface area contributed by atoms with E-state index in [1.54, 1.807) is 23.1 Å². The van der Waals surface area contributed by atoms with E-state index in [4.69, 9.17) is 4.74 Å². The highest BCUT2D eigenvalue weighted by Crippen LogP contribution is 2.26. The summed E-state index contributed by atoms with van der Waals surface area (Å²) < 4.78 is 19.6. The van der Waals surface area contributed by atoms with Gasteiger partial charge < -0.3 is 9.64 Å². The zero-order chi connectivity index (χ0) is 16.8. The molecule has 2 rings (SSSR count). The Morgan fingerprint density at radius 2 is 2.00 bits per heavy atom. The SMILES string of the molecule is CCOCC1CCN(C(=O)[C@@H](c2ccccc2F)N(C)C)CC1. The van der Waals surface area contributed by atoms with E-state index >= 15 is 0 Å². The maximum absolute atomic E-state index is 14.1. The Morgan fingerprint density at radius 3 is 2.57 bits per heavy atom. The molecule has 1 aliphatic rings. The van der Waals surface area contributed by atoms with Crippen LogP contribution in [-0.2, 0) is 9.53 Å². The molecule has 1 heterocycles. The molecule has 128 valence electrons. The van der Waals surface area contributed by atoms with Crippen LogP contribution in [0.5, 0.6) is 0 Å². The second-order valence-corrected chi connectivity index (χ2v) is 6.32. The first-order valence-corrected chi connectivity index (χ1v) is 8.32. The minimum absolute atomic E-state index is 0.0186. The van der Waals surface area contributed by atoms with Crippen molar-refractivity contribution in [2.45, 2.75) is 25.8 Å². The van der Waals surface area contributed by atoms with Crippen LogP contribution in [0, 0.1) is 11.7 Å². The summed E-state index contributed by atoms with van der Waals surface area (Å²) in [6.45, 7) is 4.93. The monoisotopic (exact) mass is 322 g/mol. The Bertz CT molecular complexity index is 513. The summed E-state index contributed by atoms with van der Waals surface area (Å²) >= 11 is 0. The molecule has 1 fully saturated rings. The smallest absolute Gasteiger partial charge is 0.244 e. The van der Waals surface area contributed by atoms with E-state index in [0.29, 0.717) is 11.5 Å². The van der Waals surface area contributed by atoms with E-state index in [1.807, 2.05) is 25.9 Å². The number of likely N-dealkylation sites (N-methyl/N-ethyl adjacent to an activating group) is 1. The van der Waals surface area contributed by atoms with Crippen molar-refractivity contribution in [1.82, 2.24) is 9.80 Å². The number of ether oxygens (including phenoxy) is 1. The van der Waals surface area contributed by atoms with Crippen molar-refractivity contribution >= 4 is 5.91 Å². The standard InChI is InChI=1S/C18H27FN2O2/c1-4-23-13-14-9-11-21(12-10-14)18(22)17(20(2)3)15-7-5-6-8-16(15)19/h5-8,14,17H,4,9-13H2,1-3H3/t17-/m1/s1. The van der Waals surface area contributed by atoms with Gasteiger partial charge in [-0.1, -0.05) is 18.2 Å². The summed E-state index contributed by atoms with van der Waals surface area (Å²) in [6.07, 6.45) is 1.90. The van der Waals surface area contributed by atoms with Crippen molar-refractivity contribution in [2.24, 2.45) is 5.92 Å². The first kappa shape index (κ1) is 17.9. The molecule has 0 spiro atoms. The Balaban J connectivity index is 2.04. The molecule has 1 aromatic rings. The van der Waals surface area contributed by atoms with Gasteiger partial charge in [-0.05, 0) is 45.8 Å². The molecule has 0 N–H and O–H groups in total. The summed E-state index contributed by atoms with van der Waals surface area (Å²) in [6, 6.07) is 5.96. The third-order valence-corrected chi connectivity index (χ3v) is 4.43. The highest BCUT2D eigenvalue weighted by molar-refractivity contribution is 5.83. The fourth-order valence-corrected chi connectivity index (χ4v) is 3.11. The lowest BCUT2D eigenvalue weighted by atomic mass is 9.96. The summed E-state index contributed by atoms with van der Waals surface area (Å²) in [5.41, 5.74) is 0.443. The number of rotatable bonds is 6. The summed E-state index contributed by atoms with van der Waals surface area (Å²) in [7, 11) is 3.63. The van der Waals surface area contributed by atoms with Gasteiger partial charge in [0, 0.05) is 31.9 Å². The average Bonchev–Trinajstić information content (AvgIpc) is 2.55. The molecule has 0 saturated carbocycles. The van der Waals surface area contributed by atoms with E-state index in [1.165, 1.54) is 6.07 Å². The first-order valence-electron chi connectivity index (χ1n) is 8.32. The minimum atomic E-state index is -0.570. The van der Waals surface area contributed by atoms with Crippen LogP contribution in [0.4, 0.5) is 4.39 Å². The van der Waals surface area contributed by atoms with Crippen LogP contribution in [0.15, 0.2) is 24.3 Å². The van der Waals surface area contributed by atoms with Gasteiger partial charge in [-0.2, -0.15) is 0 Å². The van der Waals surface area contributed by atoms with Gasteiger partial charge in [0.25, 0.3) is 0 Å². The van der Waals surface area contributed by atoms with Crippen LogP contribution in [0.3, 0.4) is 0 Å². The third kappa shape index (κ3) is 4.52. The predicted molar refractivity (Wildman–Crippen MR) is 88.6 cm³/mol. The van der Waals surface area contributed by atoms with Gasteiger partial charge in [-0.3, -0.25) is 9.69 Å². The van der Waals surface area contributed by atoms with E-state index in [2.05, 4.69) is 0 Å². The molecule has 1 atom stereocenters. The Kier molecular flexibility index (Phi) is 6.54. The number of hydrogen-bond donors (Lipinski definition) is 0. The van der Waals surface area contributed by atoms with Crippen LogP contribution >= 0.6 is 0 Å². The highest BCUT2D eigenvalue weighted by Gasteiger charge is 2.32. The maximum atomic E-state index is 14.1. The van der Waals surface area contributed by atoms with Crippen LogP contribution in [0.2, 0.25) is 0 Å². The molecule has 1 aromatic carbocycles. The molecule has 1 aliphatic heterocycles. The molecule has 1 amide bonds. The van der Waals surface area contributed by atoms with Crippen molar-refractivity contribution < 1.29 is 13.9 Å². The second kappa shape index (κ2) is 8.41. The van der Waals surface area contributed by atoms with E-state index in [9.17, 15) is 9.18 Å². The Morgan fingerprint density at radius 1 is 1.35 bits per heavy atom. The number of likely N-dealkylation sites (tertiary alicyclic amines) is 1. The number of carbonyl (C=O) groups is 1. The van der Waals surface area contributed by atoms with Gasteiger partial charge in [0.15, 0.2) is 0 Å². The molecule has 0 radical (unpaired) electrons. The molecule has 0 aromatic heterocycles. The van der Waals surface area contributed by atoms with Crippen molar-refractivity contribution in [2.75, 3.05) is 40.4 Å². The number of halogens is 1. The second-order valence-electron chi connectivity index (χ2n) is 6.32. The largest absolute Gasteiger partial charge is 0.381 e. The lowest BCUT2D eigenvalue weighted by molar-refractivity contribution is -0.138. The Hall–Kier alpha value is -1.46. The fourth-order valence-electron chi connectivity index (χ4n) is 3.11. The minimum Gasteiger partial charge on any atom is -0.381 e. The van der Waals surface area contributed by atoms with Gasteiger partial charge in [-0.15, -0.1) is 0 Å². The topological polar surface area (TPSA) is 32.8 Å². The maximum Gasteiger partial charge on any atom is 0.244 e. The summed E-state index contributed by atoms with van der Waals surface area (Å²) in [5.74, 6) is 0.172. The molecular weight excluding hydrogens is 295 g/mol. The molecule has 0 aliphatic carbocycles. The molecule has 0 bridgehead atoms. The van der Waals surface area contributed by atoms with Gasteiger partial charge in [-0.25, -0.2) is 4.39 Å². The first-order chi connectivity index (χ1) is 11.0. The van der Waals surface area contributed by atoms with Crippen LogP contribution in [-0.4, -0.2) is 56.1 Å². The number of hydrogen-bond acceptors (Lipinski definition) is 3. The van der Waals surface area contributed by atoms with Crippen molar-refractivity contribution in [3.63, 3.8) is 0 Å². The molecular formula is C18H27FN2O2. The molecule has 0 unspecified atom stereocenters. The van der Waals surface area contributed by atoms with Gasteiger partial charge in [0.1, 0.15) is 11.9 Å². The number of carbonyl (C=O) groups excluding carboxylic acids is 1. The zero-order valence-corrected chi connectivity index (χ0v) is 14.3. The normalized spacial score (nSPS) is 17.5. The van der Waals surface area contributed by atoms with E-state index in [-0.39, 0.29) is 11.7 Å². The van der Waals surface area contributed by atoms with Gasteiger partial charge in [0.2, 0.25) is 5.91 Å². The number of nitrogens with zero attached hydrogens (tertiary/aromatic N) is 2. The number of amides is 1. The van der Waals surface area contributed by atoms with Crippen LogP contribution < -0.4 is 0 Å². The van der Waals surface area contributed by atoms with E-state index in [0.717, 1.165) is 39.1 Å².